The Kier molecular flexibility index (Phi) is 21.4. The van der Waals surface area contributed by atoms with Gasteiger partial charge in [0.25, 0.3) is 0 Å². The van der Waals surface area contributed by atoms with Gasteiger partial charge >= 0.3 is 0 Å². The number of hydrogen-bond donors (Lipinski definition) is 4. The molecule has 0 spiro atoms. The van der Waals surface area contributed by atoms with Gasteiger partial charge in [-0.15, -0.1) is 45.9 Å². The third-order valence-electron chi connectivity index (χ3n) is 16.4. The summed E-state index contributed by atoms with van der Waals surface area (Å²) in [5.41, 5.74) is 12.1. The van der Waals surface area contributed by atoms with Crippen molar-refractivity contribution in [2.24, 2.45) is 0 Å². The van der Waals surface area contributed by atoms with Gasteiger partial charge in [0.05, 0.1) is 42.1 Å². The number of benzene rings is 2. The summed E-state index contributed by atoms with van der Waals surface area (Å²) in [6.07, 6.45) is 2.54. The molecule has 5 N–H and O–H groups in total. The highest BCUT2D eigenvalue weighted by Gasteiger charge is 2.32. The number of methoxy groups -OCH3 is 4. The van der Waals surface area contributed by atoms with Crippen molar-refractivity contribution in [2.45, 2.75) is 95.4 Å². The van der Waals surface area contributed by atoms with Gasteiger partial charge in [-0.1, -0.05) is 58.3 Å². The monoisotopic (exact) mass is 1300 g/mol. The molecule has 480 valence electrons. The second-order valence-electron chi connectivity index (χ2n) is 23.0. The number of nitrogens with zero attached hydrogens (tertiary/aromatic N) is 17. The quantitative estimate of drug-likeness (QED) is 0.0551. The summed E-state index contributed by atoms with van der Waals surface area (Å²) in [4.78, 5) is 37.3. The molecule has 8 aromatic rings. The number of aryl methyl sites for hydroxylation is 3. The number of carbonyl (C=O) groups is 2. The molecule has 30 heteroatoms. The molecule has 5 saturated heterocycles. The van der Waals surface area contributed by atoms with Gasteiger partial charge in [-0.3, -0.25) is 9.59 Å². The van der Waals surface area contributed by atoms with Crippen LogP contribution < -0.4 is 46.2 Å². The summed E-state index contributed by atoms with van der Waals surface area (Å²) in [5.74, 6) is 2.61. The van der Waals surface area contributed by atoms with Crippen molar-refractivity contribution in [3.05, 3.63) is 123 Å². The molecule has 2 aromatic carbocycles. The van der Waals surface area contributed by atoms with E-state index in [1.807, 2.05) is 106 Å². The molecular weight excluding hydrogens is 1220 g/mol. The molecule has 11 heterocycles. The van der Waals surface area contributed by atoms with Crippen molar-refractivity contribution in [1.29, 1.82) is 0 Å². The van der Waals surface area contributed by atoms with Gasteiger partial charge in [-0.05, 0) is 112 Å². The number of ketones is 2. The first-order valence-corrected chi connectivity index (χ1v) is 32.8. The minimum Gasteiger partial charge on any atom is -0.378 e. The van der Waals surface area contributed by atoms with Gasteiger partial charge < -0.3 is 65.1 Å². The van der Waals surface area contributed by atoms with Crippen LogP contribution in [0.2, 0.25) is 0 Å². The Morgan fingerprint density at radius 2 is 0.846 bits per heavy atom. The largest absolute Gasteiger partial charge is 0.378 e. The van der Waals surface area contributed by atoms with E-state index in [0.717, 1.165) is 157 Å². The second kappa shape index (κ2) is 30.2. The van der Waals surface area contributed by atoms with Crippen LogP contribution in [0.5, 0.6) is 0 Å². The predicted molar refractivity (Wildman–Crippen MR) is 353 cm³/mol. The molecule has 91 heavy (non-hydrogen) atoms. The molecule has 0 amide bonds. The number of ether oxygens (including phenoxy) is 4. The number of carbonyl (C=O) groups excluding carboxylic acids is 2. The maximum atomic E-state index is 13.1. The van der Waals surface area contributed by atoms with Crippen LogP contribution in [0.15, 0.2) is 84.9 Å². The Balaban J connectivity index is 0.000000147. The molecule has 0 radical (unpaired) electrons. The summed E-state index contributed by atoms with van der Waals surface area (Å²) in [5, 5.41) is 64.3. The van der Waals surface area contributed by atoms with E-state index in [1.54, 1.807) is 28.4 Å². The highest BCUT2D eigenvalue weighted by molar-refractivity contribution is 7.18. The highest BCUT2D eigenvalue weighted by Crippen LogP contribution is 2.32. The number of rotatable bonds is 23. The Morgan fingerprint density at radius 1 is 0.473 bits per heavy atom. The van der Waals surface area contributed by atoms with E-state index in [1.165, 1.54) is 34.0 Å². The average Bonchev–Trinajstić information content (AvgIpc) is 1.98. The molecule has 13 rings (SSSR count). The third-order valence-corrected chi connectivity index (χ3v) is 18.8. The van der Waals surface area contributed by atoms with Crippen LogP contribution in [0.1, 0.15) is 69.7 Å². The number of nitrogens with two attached hydrogens (primary N) is 1. The standard InChI is InChI=1S/2C25H31N7O3S.C11H15N7S/c2*1-16-7-8-22(28-27-16)31-10-9-18(13-31)26-25-30-29-23(36-25)12-21(33)24(35-3)17-5-4-6-19(11-17)32-14-20(15-32)34-2;1-7-2-3-9(15-14-7)18-5-4-8(6-18)13-11-17-16-10(12)19-11/h2*4-8,11,18,20,24H,9-10,12-15H2,1-3H3,(H,26,30);2-3,8H,4-6H2,1H3,(H2,12,16)(H,13,17)/t18-,24+;18-,24-;8-/m111/s1. The molecule has 5 aliphatic heterocycles. The van der Waals surface area contributed by atoms with Gasteiger partial charge in [0.1, 0.15) is 22.2 Å². The summed E-state index contributed by atoms with van der Waals surface area (Å²) in [6, 6.07) is 28.7. The van der Waals surface area contributed by atoms with Crippen molar-refractivity contribution in [3.63, 3.8) is 0 Å². The van der Waals surface area contributed by atoms with E-state index in [2.05, 4.69) is 102 Å². The van der Waals surface area contributed by atoms with E-state index in [9.17, 15) is 9.59 Å². The van der Waals surface area contributed by atoms with E-state index >= 15 is 0 Å². The van der Waals surface area contributed by atoms with Crippen molar-refractivity contribution in [3.8, 4) is 0 Å². The summed E-state index contributed by atoms with van der Waals surface area (Å²) in [6.45, 7) is 14.5. The molecule has 0 aliphatic carbocycles. The molecule has 0 unspecified atom stereocenters. The molecule has 5 aliphatic rings. The van der Waals surface area contributed by atoms with Gasteiger partial charge in [-0.2, -0.15) is 15.3 Å². The minimum absolute atomic E-state index is 0.0410. The average molecular weight is 1300 g/mol. The summed E-state index contributed by atoms with van der Waals surface area (Å²) in [7, 11) is 6.60. The number of Topliss-reactive ketones (excluding diaryl/α,β-unsaturated/α-hetero) is 2. The first-order valence-electron chi connectivity index (χ1n) is 30.3. The lowest BCUT2D eigenvalue weighted by Crippen LogP contribution is -2.51. The smallest absolute Gasteiger partial charge is 0.207 e. The Hall–Kier alpha value is -8.26. The first kappa shape index (κ1) is 64.3. The zero-order chi connectivity index (χ0) is 63.4. The summed E-state index contributed by atoms with van der Waals surface area (Å²) < 4.78 is 22.0. The molecule has 0 saturated carbocycles. The number of nitrogens with one attached hydrogen (secondary N) is 3. The zero-order valence-electron chi connectivity index (χ0n) is 52.1. The zero-order valence-corrected chi connectivity index (χ0v) is 54.5. The molecule has 6 aromatic heterocycles. The van der Waals surface area contributed by atoms with Crippen molar-refractivity contribution < 1.29 is 28.5 Å². The first-order chi connectivity index (χ1) is 44.2. The lowest BCUT2D eigenvalue weighted by Gasteiger charge is -2.40. The molecule has 5 fully saturated rings. The van der Waals surface area contributed by atoms with Gasteiger partial charge in [0.15, 0.2) is 29.0 Å². The molecule has 0 bridgehead atoms. The van der Waals surface area contributed by atoms with Gasteiger partial charge in [0.2, 0.25) is 20.5 Å². The fourth-order valence-electron chi connectivity index (χ4n) is 11.3. The SMILES string of the molecule is COC1CN(c2cccc([C@@H](OC)C(=O)Cc3nnc(N[C@@H]4CCN(c5ccc(C)nn5)C4)s3)c2)C1.COC1CN(c2cccc([C@H](OC)C(=O)Cc3nnc(N[C@@H]4CCN(c5ccc(C)nn5)C4)s3)c2)C1.Cc1ccc(N2CC[C@@H](Nc3nnc(N)s3)C2)nn1. The molecule has 5 atom stereocenters. The van der Waals surface area contributed by atoms with Crippen LogP contribution in [-0.2, 0) is 41.4 Å². The van der Waals surface area contributed by atoms with Crippen molar-refractivity contribution in [1.82, 2.24) is 61.2 Å². The van der Waals surface area contributed by atoms with E-state index in [4.69, 9.17) is 24.7 Å². The van der Waals surface area contributed by atoms with Crippen LogP contribution in [0.3, 0.4) is 0 Å². The Labute approximate surface area is 540 Å². The highest BCUT2D eigenvalue weighted by atomic mass is 32.1. The van der Waals surface area contributed by atoms with E-state index in [-0.39, 0.29) is 48.7 Å². The van der Waals surface area contributed by atoms with Crippen LogP contribution in [-0.4, -0.2) is 197 Å². The number of anilines is 9. The molecule has 27 nitrogen and oxygen atoms in total. The lowest BCUT2D eigenvalue weighted by atomic mass is 10.0. The third kappa shape index (κ3) is 16.8. The fourth-order valence-corrected chi connectivity index (χ4v) is 13.5. The Morgan fingerprint density at radius 3 is 1.18 bits per heavy atom. The minimum atomic E-state index is -0.649. The van der Waals surface area contributed by atoms with Crippen LogP contribution in [0, 0.1) is 20.8 Å². The van der Waals surface area contributed by atoms with Crippen molar-refractivity contribution in [2.75, 3.05) is 140 Å². The maximum absolute atomic E-state index is 13.1. The number of hydrogen-bond acceptors (Lipinski definition) is 30. The van der Waals surface area contributed by atoms with E-state index in [0.29, 0.717) is 21.2 Å². The van der Waals surface area contributed by atoms with E-state index < -0.39 is 12.2 Å². The van der Waals surface area contributed by atoms with Crippen LogP contribution in [0.25, 0.3) is 0 Å². The second-order valence-corrected chi connectivity index (χ2v) is 26.1. The number of aromatic nitrogens is 12. The van der Waals surface area contributed by atoms with Crippen LogP contribution in [0.4, 0.5) is 49.4 Å². The maximum Gasteiger partial charge on any atom is 0.207 e. The van der Waals surface area contributed by atoms with Crippen LogP contribution >= 0.6 is 34.0 Å². The van der Waals surface area contributed by atoms with Gasteiger partial charge in [0, 0.05) is 123 Å². The predicted octanol–water partition coefficient (Wildman–Crippen LogP) is 6.23. The normalized spacial score (nSPS) is 18.8. The van der Waals surface area contributed by atoms with Gasteiger partial charge in [-0.25, -0.2) is 0 Å². The summed E-state index contributed by atoms with van der Waals surface area (Å²) >= 11 is 4.20. The van der Waals surface area contributed by atoms with Crippen molar-refractivity contribution >= 4 is 94.9 Å². The topological polar surface area (TPSA) is 304 Å². The number of nitrogen functional groups attached to an aromatic ring is 1. The Bertz CT molecular complexity index is 3460. The lowest BCUT2D eigenvalue weighted by molar-refractivity contribution is -0.129. The fraction of sp³-hybridized carbons (Fsp3) is 0.475. The molecular formula is C61H77N21O6S3.